The lowest BCUT2D eigenvalue weighted by Crippen LogP contribution is -2.44. The molecular formula is C14H20N6O2S. The summed E-state index contributed by atoms with van der Waals surface area (Å²) in [7, 11) is -3.17. The largest absolute Gasteiger partial charge is 0.349 e. The fourth-order valence-electron chi connectivity index (χ4n) is 2.68. The molecule has 2 aromatic rings. The average molecular weight is 336 g/mol. The average Bonchev–Trinajstić information content (AvgIpc) is 2.95. The van der Waals surface area contributed by atoms with Crippen molar-refractivity contribution in [3.05, 3.63) is 29.8 Å². The molecule has 23 heavy (non-hydrogen) atoms. The van der Waals surface area contributed by atoms with E-state index in [0.717, 1.165) is 24.1 Å². The first-order valence-electron chi connectivity index (χ1n) is 7.50. The van der Waals surface area contributed by atoms with Gasteiger partial charge in [-0.2, -0.15) is 4.68 Å². The summed E-state index contributed by atoms with van der Waals surface area (Å²) in [5.41, 5.74) is 2.02. The van der Waals surface area contributed by atoms with Crippen LogP contribution in [-0.4, -0.2) is 58.3 Å². The Kier molecular flexibility index (Phi) is 4.31. The number of tetrazole rings is 1. The first kappa shape index (κ1) is 15.9. The summed E-state index contributed by atoms with van der Waals surface area (Å²) in [5.74, 6) is 0.522. The van der Waals surface area contributed by atoms with E-state index in [0.29, 0.717) is 19.0 Å². The molecule has 0 bridgehead atoms. The van der Waals surface area contributed by atoms with Crippen LogP contribution in [0, 0.1) is 6.92 Å². The number of aromatic nitrogens is 4. The molecule has 9 heteroatoms. The van der Waals surface area contributed by atoms with Gasteiger partial charge >= 0.3 is 0 Å². The Bertz CT molecular complexity index is 771. The molecule has 1 aliphatic heterocycles. The van der Waals surface area contributed by atoms with Gasteiger partial charge < -0.3 is 5.32 Å². The summed E-state index contributed by atoms with van der Waals surface area (Å²) in [4.78, 5) is 0. The van der Waals surface area contributed by atoms with Crippen LogP contribution in [0.25, 0.3) is 5.69 Å². The molecule has 1 atom stereocenters. The highest BCUT2D eigenvalue weighted by atomic mass is 32.2. The lowest BCUT2D eigenvalue weighted by Gasteiger charge is -2.31. The Morgan fingerprint density at radius 1 is 1.26 bits per heavy atom. The monoisotopic (exact) mass is 336 g/mol. The fourth-order valence-corrected chi connectivity index (χ4v) is 3.59. The van der Waals surface area contributed by atoms with E-state index in [9.17, 15) is 8.42 Å². The van der Waals surface area contributed by atoms with Crippen LogP contribution in [0.1, 0.15) is 18.4 Å². The summed E-state index contributed by atoms with van der Waals surface area (Å²) in [6.07, 6.45) is 2.94. The van der Waals surface area contributed by atoms with Gasteiger partial charge in [0.2, 0.25) is 16.0 Å². The van der Waals surface area contributed by atoms with Crippen molar-refractivity contribution in [3.63, 3.8) is 0 Å². The molecule has 1 N–H and O–H groups in total. The lowest BCUT2D eigenvalue weighted by molar-refractivity contribution is 0.328. The highest BCUT2D eigenvalue weighted by molar-refractivity contribution is 7.88. The minimum absolute atomic E-state index is 0.00586. The molecule has 0 spiro atoms. The molecule has 0 radical (unpaired) electrons. The second-order valence-corrected chi connectivity index (χ2v) is 7.84. The third kappa shape index (κ3) is 3.67. The second-order valence-electron chi connectivity index (χ2n) is 5.85. The minimum atomic E-state index is -3.17. The van der Waals surface area contributed by atoms with Gasteiger partial charge in [-0.15, -0.1) is 0 Å². The van der Waals surface area contributed by atoms with E-state index < -0.39 is 10.0 Å². The van der Waals surface area contributed by atoms with Crippen molar-refractivity contribution in [3.8, 4) is 5.69 Å². The van der Waals surface area contributed by atoms with Crippen LogP contribution >= 0.6 is 0 Å². The number of aryl methyl sites for hydroxylation is 1. The van der Waals surface area contributed by atoms with Crippen LogP contribution in [0.3, 0.4) is 0 Å². The zero-order valence-electron chi connectivity index (χ0n) is 13.2. The predicted octanol–water partition coefficient (Wildman–Crippen LogP) is 0.807. The van der Waals surface area contributed by atoms with Crippen LogP contribution in [0.15, 0.2) is 24.3 Å². The number of sulfonamides is 1. The number of anilines is 1. The Morgan fingerprint density at radius 2 is 2.00 bits per heavy atom. The molecular weight excluding hydrogens is 316 g/mol. The standard InChI is InChI=1S/C14H20N6O2S/c1-11-5-7-13(8-6-11)20-14(16-17-18-20)15-12-4-3-9-19(10-12)23(2,21)22/h5-8,12H,3-4,9-10H2,1-2H3,(H,15,16,18). The summed E-state index contributed by atoms with van der Waals surface area (Å²) < 4.78 is 26.5. The van der Waals surface area contributed by atoms with E-state index in [4.69, 9.17) is 0 Å². The molecule has 2 heterocycles. The molecule has 1 aromatic heterocycles. The second kappa shape index (κ2) is 6.25. The Hall–Kier alpha value is -2.00. The van der Waals surface area contributed by atoms with E-state index in [-0.39, 0.29) is 6.04 Å². The first-order valence-corrected chi connectivity index (χ1v) is 9.35. The quantitative estimate of drug-likeness (QED) is 0.888. The van der Waals surface area contributed by atoms with Crippen molar-refractivity contribution < 1.29 is 8.42 Å². The summed E-state index contributed by atoms with van der Waals surface area (Å²) in [6, 6.07) is 7.87. The van der Waals surface area contributed by atoms with Crippen molar-refractivity contribution in [2.45, 2.75) is 25.8 Å². The third-order valence-corrected chi connectivity index (χ3v) is 5.20. The summed E-state index contributed by atoms with van der Waals surface area (Å²) in [6.45, 7) is 3.02. The van der Waals surface area contributed by atoms with Crippen LogP contribution in [0.2, 0.25) is 0 Å². The summed E-state index contributed by atoms with van der Waals surface area (Å²) >= 11 is 0. The van der Waals surface area contributed by atoms with Crippen LogP contribution in [0.5, 0.6) is 0 Å². The predicted molar refractivity (Wildman–Crippen MR) is 87.0 cm³/mol. The van der Waals surface area contributed by atoms with Gasteiger partial charge in [0.05, 0.1) is 11.9 Å². The molecule has 0 amide bonds. The van der Waals surface area contributed by atoms with Crippen molar-refractivity contribution in [1.82, 2.24) is 24.5 Å². The first-order chi connectivity index (χ1) is 10.9. The number of hydrogen-bond acceptors (Lipinski definition) is 6. The molecule has 8 nitrogen and oxygen atoms in total. The normalized spacial score (nSPS) is 19.7. The number of hydrogen-bond donors (Lipinski definition) is 1. The van der Waals surface area contributed by atoms with E-state index in [2.05, 4.69) is 20.8 Å². The molecule has 1 aromatic carbocycles. The van der Waals surface area contributed by atoms with E-state index >= 15 is 0 Å². The highest BCUT2D eigenvalue weighted by Gasteiger charge is 2.26. The van der Waals surface area contributed by atoms with Gasteiger partial charge in [-0.05, 0) is 42.3 Å². The molecule has 1 aliphatic rings. The maximum absolute atomic E-state index is 11.7. The minimum Gasteiger partial charge on any atom is -0.349 e. The van der Waals surface area contributed by atoms with E-state index in [1.165, 1.54) is 10.6 Å². The van der Waals surface area contributed by atoms with Crippen LogP contribution in [-0.2, 0) is 10.0 Å². The SMILES string of the molecule is Cc1ccc(-n2nnnc2NC2CCCN(S(C)(=O)=O)C2)cc1. The Morgan fingerprint density at radius 3 is 2.70 bits per heavy atom. The molecule has 0 saturated carbocycles. The maximum atomic E-state index is 11.7. The van der Waals surface area contributed by atoms with Crippen LogP contribution < -0.4 is 5.32 Å². The number of benzene rings is 1. The Balaban J connectivity index is 1.76. The van der Waals surface area contributed by atoms with Gasteiger partial charge in [0.25, 0.3) is 0 Å². The van der Waals surface area contributed by atoms with Gasteiger partial charge in [0.1, 0.15) is 0 Å². The third-order valence-electron chi connectivity index (χ3n) is 3.93. The molecule has 3 rings (SSSR count). The Labute approximate surface area is 135 Å². The maximum Gasteiger partial charge on any atom is 0.248 e. The van der Waals surface area contributed by atoms with Gasteiger partial charge in [-0.3, -0.25) is 0 Å². The van der Waals surface area contributed by atoms with Gasteiger partial charge in [-0.1, -0.05) is 22.8 Å². The zero-order valence-corrected chi connectivity index (χ0v) is 14.0. The number of piperidine rings is 1. The molecule has 1 unspecified atom stereocenters. The van der Waals surface area contributed by atoms with Crippen molar-refractivity contribution in [2.75, 3.05) is 24.7 Å². The van der Waals surface area contributed by atoms with Gasteiger partial charge in [0.15, 0.2) is 0 Å². The van der Waals surface area contributed by atoms with Gasteiger partial charge in [0, 0.05) is 19.1 Å². The lowest BCUT2D eigenvalue weighted by atomic mass is 10.1. The molecule has 1 saturated heterocycles. The smallest absolute Gasteiger partial charge is 0.248 e. The van der Waals surface area contributed by atoms with Crippen molar-refractivity contribution >= 4 is 16.0 Å². The molecule has 1 fully saturated rings. The number of nitrogens with zero attached hydrogens (tertiary/aromatic N) is 5. The summed E-state index contributed by atoms with van der Waals surface area (Å²) in [5, 5.41) is 15.0. The van der Waals surface area contributed by atoms with E-state index in [1.54, 1.807) is 4.68 Å². The fraction of sp³-hybridized carbons (Fsp3) is 0.500. The molecule has 124 valence electrons. The highest BCUT2D eigenvalue weighted by Crippen LogP contribution is 2.18. The van der Waals surface area contributed by atoms with Crippen molar-refractivity contribution in [1.29, 1.82) is 0 Å². The van der Waals surface area contributed by atoms with Crippen molar-refractivity contribution in [2.24, 2.45) is 0 Å². The topological polar surface area (TPSA) is 93.0 Å². The van der Waals surface area contributed by atoms with E-state index in [1.807, 2.05) is 31.2 Å². The zero-order chi connectivity index (χ0) is 16.4. The van der Waals surface area contributed by atoms with Crippen LogP contribution in [0.4, 0.5) is 5.95 Å². The van der Waals surface area contributed by atoms with Gasteiger partial charge in [-0.25, -0.2) is 12.7 Å². The molecule has 0 aliphatic carbocycles. The number of nitrogens with one attached hydrogen (secondary N) is 1. The number of rotatable bonds is 4.